The summed E-state index contributed by atoms with van der Waals surface area (Å²) in [6.45, 7) is 1.09. The molecule has 0 saturated carbocycles. The van der Waals surface area contributed by atoms with E-state index < -0.39 is 10.0 Å². The van der Waals surface area contributed by atoms with Gasteiger partial charge >= 0.3 is 0 Å². The van der Waals surface area contributed by atoms with Crippen molar-refractivity contribution in [2.75, 3.05) is 18.4 Å². The molecule has 34 heavy (non-hydrogen) atoms. The van der Waals surface area contributed by atoms with Gasteiger partial charge in [0.05, 0.1) is 20.8 Å². The molecule has 1 aliphatic carbocycles. The molecule has 1 fully saturated rings. The lowest BCUT2D eigenvalue weighted by molar-refractivity contribution is 0.102. The van der Waals surface area contributed by atoms with Crippen LogP contribution in [0.3, 0.4) is 0 Å². The second-order valence-electron chi connectivity index (χ2n) is 8.59. The summed E-state index contributed by atoms with van der Waals surface area (Å²) >= 11 is 1.53. The van der Waals surface area contributed by atoms with Gasteiger partial charge in [-0.15, -0.1) is 0 Å². The predicted octanol–water partition coefficient (Wildman–Crippen LogP) is 4.01. The number of hydrogen-bond acceptors (Lipinski definition) is 6. The Hall–Kier alpha value is -3.08. The summed E-state index contributed by atoms with van der Waals surface area (Å²) in [7, 11) is -3.51. The van der Waals surface area contributed by atoms with Gasteiger partial charge in [0, 0.05) is 24.2 Å². The highest BCUT2D eigenvalue weighted by atomic mass is 32.2. The maximum absolute atomic E-state index is 13.2. The molecule has 10 heteroatoms. The molecule has 0 bridgehead atoms. The number of nitrogens with one attached hydrogen (secondary N) is 1. The van der Waals surface area contributed by atoms with Crippen LogP contribution in [0.5, 0.6) is 0 Å². The number of nitrogens with zero attached hydrogens (tertiary/aromatic N) is 4. The van der Waals surface area contributed by atoms with Gasteiger partial charge < -0.3 is 5.32 Å². The third-order valence-corrected chi connectivity index (χ3v) is 9.35. The lowest BCUT2D eigenvalue weighted by Crippen LogP contribution is -2.27. The molecule has 1 aliphatic heterocycles. The van der Waals surface area contributed by atoms with Gasteiger partial charge in [0.1, 0.15) is 5.82 Å². The average Bonchev–Trinajstić information content (AvgIpc) is 3.63. The van der Waals surface area contributed by atoms with Gasteiger partial charge in [0.25, 0.3) is 5.91 Å². The van der Waals surface area contributed by atoms with E-state index >= 15 is 0 Å². The zero-order valence-corrected chi connectivity index (χ0v) is 20.0. The van der Waals surface area contributed by atoms with Crippen LogP contribution in [-0.2, 0) is 22.9 Å². The first-order valence-electron chi connectivity index (χ1n) is 11.4. The second-order valence-corrected chi connectivity index (χ2v) is 11.5. The molecule has 3 heterocycles. The third kappa shape index (κ3) is 3.62. The number of para-hydroxylation sites is 1. The van der Waals surface area contributed by atoms with Crippen molar-refractivity contribution in [3.05, 3.63) is 65.4 Å². The molecule has 2 aromatic heterocycles. The molecular formula is C24H23N5O3S2. The fourth-order valence-corrected chi connectivity index (χ4v) is 7.09. The number of thiazole rings is 1. The van der Waals surface area contributed by atoms with Crippen molar-refractivity contribution in [3.63, 3.8) is 0 Å². The zero-order chi connectivity index (χ0) is 23.3. The maximum atomic E-state index is 13.2. The van der Waals surface area contributed by atoms with E-state index in [-0.39, 0.29) is 10.8 Å². The molecule has 6 rings (SSSR count). The summed E-state index contributed by atoms with van der Waals surface area (Å²) in [5.41, 5.74) is 3.32. The number of aryl methyl sites for hydroxylation is 1. The van der Waals surface area contributed by atoms with Gasteiger partial charge in [0.2, 0.25) is 15.2 Å². The Morgan fingerprint density at radius 2 is 1.74 bits per heavy atom. The van der Waals surface area contributed by atoms with Crippen molar-refractivity contribution in [2.45, 2.75) is 37.0 Å². The van der Waals surface area contributed by atoms with Crippen LogP contribution < -0.4 is 5.32 Å². The van der Waals surface area contributed by atoms with Gasteiger partial charge in [-0.05, 0) is 68.5 Å². The molecule has 4 aromatic rings. The number of benzene rings is 2. The molecular weight excluding hydrogens is 470 g/mol. The Labute approximate surface area is 201 Å². The Balaban J connectivity index is 1.30. The number of amides is 1. The topological polar surface area (TPSA) is 97.2 Å². The van der Waals surface area contributed by atoms with Gasteiger partial charge in [0.15, 0.2) is 0 Å². The first-order chi connectivity index (χ1) is 16.5. The smallest absolute Gasteiger partial charge is 0.256 e. The Bertz CT molecular complexity index is 1470. The van der Waals surface area contributed by atoms with E-state index in [1.54, 1.807) is 16.8 Å². The lowest BCUT2D eigenvalue weighted by atomic mass is 10.2. The Morgan fingerprint density at radius 3 is 2.50 bits per heavy atom. The summed E-state index contributed by atoms with van der Waals surface area (Å²) in [5, 5.41) is 8.50. The summed E-state index contributed by atoms with van der Waals surface area (Å²) in [6, 6.07) is 14.1. The molecule has 1 N–H and O–H groups in total. The van der Waals surface area contributed by atoms with Gasteiger partial charge in [-0.25, -0.2) is 13.4 Å². The second kappa shape index (κ2) is 8.30. The molecule has 8 nitrogen and oxygen atoms in total. The summed E-state index contributed by atoms with van der Waals surface area (Å²) in [5.74, 6) is 0.340. The van der Waals surface area contributed by atoms with Crippen LogP contribution in [0.15, 0.2) is 53.4 Å². The van der Waals surface area contributed by atoms with E-state index in [4.69, 9.17) is 10.1 Å². The highest BCUT2D eigenvalue weighted by molar-refractivity contribution is 7.89. The fraction of sp³-hybridized carbons (Fsp3) is 0.292. The molecule has 2 aromatic carbocycles. The van der Waals surface area contributed by atoms with Gasteiger partial charge in [-0.3, -0.25) is 4.79 Å². The maximum Gasteiger partial charge on any atom is 0.256 e. The minimum atomic E-state index is -3.51. The standard InChI is InChI=1S/C24H23N5O3S2/c30-23(16-10-12-17(13-11-16)34(31,32)28-14-3-4-15-28)26-22-18-6-5-8-19(18)27-29(22)24-25-20-7-1-2-9-21(20)33-24/h1-2,7,9-13H,3-6,8,14-15H2,(H,26,30). The number of hydrogen-bond donors (Lipinski definition) is 1. The highest BCUT2D eigenvalue weighted by Gasteiger charge is 2.28. The van der Waals surface area contributed by atoms with Crippen LogP contribution in [0.1, 0.15) is 40.9 Å². The van der Waals surface area contributed by atoms with Crippen molar-refractivity contribution in [1.82, 2.24) is 19.1 Å². The van der Waals surface area contributed by atoms with Crippen LogP contribution in [0.25, 0.3) is 15.3 Å². The van der Waals surface area contributed by atoms with Crippen molar-refractivity contribution < 1.29 is 13.2 Å². The first-order valence-corrected chi connectivity index (χ1v) is 13.6. The van der Waals surface area contributed by atoms with E-state index in [2.05, 4.69) is 5.32 Å². The van der Waals surface area contributed by atoms with E-state index in [0.717, 1.165) is 53.6 Å². The van der Waals surface area contributed by atoms with E-state index in [0.29, 0.717) is 29.6 Å². The summed E-state index contributed by atoms with van der Waals surface area (Å²) < 4.78 is 29.9. The molecule has 2 aliphatic rings. The minimum absolute atomic E-state index is 0.214. The monoisotopic (exact) mass is 493 g/mol. The van der Waals surface area contributed by atoms with Gasteiger partial charge in [-0.1, -0.05) is 23.5 Å². The number of rotatable bonds is 5. The van der Waals surface area contributed by atoms with E-state index in [1.807, 2.05) is 24.3 Å². The zero-order valence-electron chi connectivity index (χ0n) is 18.4. The van der Waals surface area contributed by atoms with E-state index in [9.17, 15) is 13.2 Å². The molecule has 0 atom stereocenters. The number of anilines is 1. The van der Waals surface area contributed by atoms with Crippen molar-refractivity contribution in [2.24, 2.45) is 0 Å². The van der Waals surface area contributed by atoms with Crippen LogP contribution in [-0.4, -0.2) is 46.5 Å². The van der Waals surface area contributed by atoms with Crippen LogP contribution in [0, 0.1) is 0 Å². The minimum Gasteiger partial charge on any atom is -0.306 e. The molecule has 0 spiro atoms. The molecule has 1 amide bonds. The number of aromatic nitrogens is 3. The molecule has 0 radical (unpaired) electrons. The normalized spacial score (nSPS) is 16.2. The van der Waals surface area contributed by atoms with Crippen LogP contribution in [0.2, 0.25) is 0 Å². The van der Waals surface area contributed by atoms with Crippen LogP contribution >= 0.6 is 11.3 Å². The Morgan fingerprint density at radius 1 is 0.971 bits per heavy atom. The van der Waals surface area contributed by atoms with Crippen molar-refractivity contribution in [1.29, 1.82) is 0 Å². The van der Waals surface area contributed by atoms with E-state index in [1.165, 1.54) is 27.8 Å². The number of fused-ring (bicyclic) bond motifs is 2. The quantitative estimate of drug-likeness (QED) is 0.453. The number of carbonyl (C=O) groups excluding carboxylic acids is 1. The molecule has 0 unspecified atom stereocenters. The molecule has 174 valence electrons. The number of sulfonamides is 1. The first kappa shape index (κ1) is 21.5. The average molecular weight is 494 g/mol. The predicted molar refractivity (Wildman–Crippen MR) is 131 cm³/mol. The summed E-state index contributed by atoms with van der Waals surface area (Å²) in [6.07, 6.45) is 4.49. The molecule has 1 saturated heterocycles. The summed E-state index contributed by atoms with van der Waals surface area (Å²) in [4.78, 5) is 18.1. The number of carbonyl (C=O) groups is 1. The highest BCUT2D eigenvalue weighted by Crippen LogP contribution is 2.34. The fourth-order valence-electron chi connectivity index (χ4n) is 4.64. The lowest BCUT2D eigenvalue weighted by Gasteiger charge is -2.15. The SMILES string of the molecule is O=C(Nc1c2c(nn1-c1nc3ccccc3s1)CCC2)c1ccc(S(=O)(=O)N2CCCC2)cc1. The Kier molecular flexibility index (Phi) is 5.23. The van der Waals surface area contributed by atoms with Crippen molar-refractivity contribution in [3.8, 4) is 5.13 Å². The largest absolute Gasteiger partial charge is 0.306 e. The van der Waals surface area contributed by atoms with Crippen LogP contribution in [0.4, 0.5) is 5.82 Å². The third-order valence-electron chi connectivity index (χ3n) is 6.42. The van der Waals surface area contributed by atoms with Gasteiger partial charge in [-0.2, -0.15) is 14.1 Å². The van der Waals surface area contributed by atoms with Crippen molar-refractivity contribution >= 4 is 43.3 Å².